The van der Waals surface area contributed by atoms with Crippen LogP contribution in [0.4, 0.5) is 5.69 Å². The van der Waals surface area contributed by atoms with Gasteiger partial charge in [0.25, 0.3) is 11.8 Å². The molecule has 1 aliphatic rings. The van der Waals surface area contributed by atoms with Crippen LogP contribution in [0.2, 0.25) is 5.02 Å². The van der Waals surface area contributed by atoms with Crippen LogP contribution < -0.4 is 9.64 Å². The number of nitrogens with zero attached hydrogens (tertiary/aromatic N) is 2. The normalized spacial score (nSPS) is 12.2. The van der Waals surface area contributed by atoms with Gasteiger partial charge in [-0.05, 0) is 42.0 Å². The summed E-state index contributed by atoms with van der Waals surface area (Å²) < 4.78 is 5.84. The standard InChI is InChI=1S/C24H23ClN2O4S/c1-26(2)23(29)16-7-8-19(18(25)13-16)27(10-11-28)24(30)21-14-15-9-12-31-20-6-4-3-5-17(20)22(15)32-21/h3-8,13-14,28H,9-12H2,1-2H3. The number of hydrogen-bond acceptors (Lipinski definition) is 5. The molecule has 2 aromatic carbocycles. The molecule has 6 nitrogen and oxygen atoms in total. The van der Waals surface area contributed by atoms with E-state index >= 15 is 0 Å². The molecular weight excluding hydrogens is 448 g/mol. The van der Waals surface area contributed by atoms with Crippen molar-refractivity contribution in [2.75, 3.05) is 38.8 Å². The number of aliphatic hydroxyl groups is 1. The summed E-state index contributed by atoms with van der Waals surface area (Å²) in [5.41, 5.74) is 2.92. The summed E-state index contributed by atoms with van der Waals surface area (Å²) in [5, 5.41) is 9.89. The molecule has 3 aromatic rings. The Balaban J connectivity index is 1.70. The fourth-order valence-electron chi connectivity index (χ4n) is 3.68. The molecule has 1 N–H and O–H groups in total. The van der Waals surface area contributed by atoms with Gasteiger partial charge in [-0.1, -0.05) is 23.7 Å². The average Bonchev–Trinajstić information content (AvgIpc) is 3.13. The smallest absolute Gasteiger partial charge is 0.268 e. The zero-order chi connectivity index (χ0) is 22.8. The molecule has 0 aliphatic carbocycles. The second-order valence-electron chi connectivity index (χ2n) is 7.61. The van der Waals surface area contributed by atoms with E-state index in [-0.39, 0.29) is 30.0 Å². The van der Waals surface area contributed by atoms with Crippen molar-refractivity contribution in [2.24, 2.45) is 0 Å². The Hall–Kier alpha value is -2.87. The van der Waals surface area contributed by atoms with E-state index in [1.807, 2.05) is 30.3 Å². The van der Waals surface area contributed by atoms with Crippen LogP contribution >= 0.6 is 22.9 Å². The van der Waals surface area contributed by atoms with Crippen LogP contribution in [-0.4, -0.2) is 55.7 Å². The second kappa shape index (κ2) is 9.32. The van der Waals surface area contributed by atoms with Gasteiger partial charge in [0.05, 0.1) is 28.8 Å². The van der Waals surface area contributed by atoms with Crippen LogP contribution in [0.3, 0.4) is 0 Å². The largest absolute Gasteiger partial charge is 0.493 e. The van der Waals surface area contributed by atoms with Gasteiger partial charge in [0, 0.05) is 43.1 Å². The third kappa shape index (κ3) is 4.24. The van der Waals surface area contributed by atoms with E-state index in [1.165, 1.54) is 21.1 Å². The molecule has 0 spiro atoms. The maximum absolute atomic E-state index is 13.5. The maximum atomic E-state index is 13.5. The van der Waals surface area contributed by atoms with Crippen LogP contribution in [0.1, 0.15) is 25.6 Å². The number of anilines is 1. The van der Waals surface area contributed by atoms with Gasteiger partial charge in [-0.2, -0.15) is 0 Å². The van der Waals surface area contributed by atoms with E-state index in [9.17, 15) is 14.7 Å². The number of aliphatic hydroxyl groups excluding tert-OH is 1. The quantitative estimate of drug-likeness (QED) is 0.602. The van der Waals surface area contributed by atoms with Crippen molar-refractivity contribution in [1.29, 1.82) is 0 Å². The van der Waals surface area contributed by atoms with Crippen molar-refractivity contribution in [3.05, 3.63) is 69.6 Å². The Morgan fingerprint density at radius 1 is 1.12 bits per heavy atom. The van der Waals surface area contributed by atoms with Crippen molar-refractivity contribution in [1.82, 2.24) is 4.90 Å². The topological polar surface area (TPSA) is 70.1 Å². The third-order valence-corrected chi connectivity index (χ3v) is 6.74. The molecular formula is C24H23ClN2O4S. The van der Waals surface area contributed by atoms with E-state index in [2.05, 4.69) is 0 Å². The maximum Gasteiger partial charge on any atom is 0.268 e. The van der Waals surface area contributed by atoms with Gasteiger partial charge in [-0.3, -0.25) is 9.59 Å². The molecule has 4 rings (SSSR count). The number of para-hydroxylation sites is 1. The highest BCUT2D eigenvalue weighted by Crippen LogP contribution is 2.41. The Kier molecular flexibility index (Phi) is 6.50. The number of thiophene rings is 1. The molecule has 1 aliphatic heterocycles. The summed E-state index contributed by atoms with van der Waals surface area (Å²) in [5.74, 6) is 0.383. The predicted molar refractivity (Wildman–Crippen MR) is 127 cm³/mol. The zero-order valence-electron chi connectivity index (χ0n) is 17.8. The number of halogens is 1. The lowest BCUT2D eigenvalue weighted by molar-refractivity contribution is 0.0827. The van der Waals surface area contributed by atoms with Crippen molar-refractivity contribution < 1.29 is 19.4 Å². The van der Waals surface area contributed by atoms with E-state index in [4.69, 9.17) is 16.3 Å². The lowest BCUT2D eigenvalue weighted by Gasteiger charge is -2.23. The summed E-state index contributed by atoms with van der Waals surface area (Å²) in [6.45, 7) is 0.409. The molecule has 1 aromatic heterocycles. The summed E-state index contributed by atoms with van der Waals surface area (Å²) in [6, 6.07) is 14.5. The van der Waals surface area contributed by atoms with Gasteiger partial charge < -0.3 is 19.6 Å². The number of benzene rings is 2. The van der Waals surface area contributed by atoms with E-state index in [1.54, 1.807) is 32.3 Å². The first-order chi connectivity index (χ1) is 15.4. The first-order valence-electron chi connectivity index (χ1n) is 10.2. The Bertz CT molecular complexity index is 1170. The molecule has 0 unspecified atom stereocenters. The van der Waals surface area contributed by atoms with Gasteiger partial charge in [-0.15, -0.1) is 11.3 Å². The van der Waals surface area contributed by atoms with E-state index in [0.29, 0.717) is 29.2 Å². The number of amides is 2. The SMILES string of the molecule is CN(C)C(=O)c1ccc(N(CCO)C(=O)c2cc3c(s2)-c2ccccc2OCC3)c(Cl)c1. The first-order valence-corrected chi connectivity index (χ1v) is 11.4. The summed E-state index contributed by atoms with van der Waals surface area (Å²) in [7, 11) is 3.32. The zero-order valence-corrected chi connectivity index (χ0v) is 19.4. The lowest BCUT2D eigenvalue weighted by atomic mass is 10.1. The number of ether oxygens (including phenoxy) is 1. The third-order valence-electron chi connectivity index (χ3n) is 5.24. The number of rotatable bonds is 5. The van der Waals surface area contributed by atoms with Gasteiger partial charge in [0.15, 0.2) is 0 Å². The molecule has 166 valence electrons. The van der Waals surface area contributed by atoms with E-state index in [0.717, 1.165) is 21.8 Å². The monoisotopic (exact) mass is 470 g/mol. The van der Waals surface area contributed by atoms with Gasteiger partial charge in [-0.25, -0.2) is 0 Å². The highest BCUT2D eigenvalue weighted by Gasteiger charge is 2.26. The van der Waals surface area contributed by atoms with Crippen molar-refractivity contribution in [2.45, 2.75) is 6.42 Å². The van der Waals surface area contributed by atoms with Crippen LogP contribution in [-0.2, 0) is 6.42 Å². The Morgan fingerprint density at radius 3 is 2.62 bits per heavy atom. The highest BCUT2D eigenvalue weighted by atomic mass is 35.5. The molecule has 32 heavy (non-hydrogen) atoms. The number of carbonyl (C=O) groups excluding carboxylic acids is 2. The second-order valence-corrected chi connectivity index (χ2v) is 9.07. The molecule has 2 heterocycles. The molecule has 0 saturated heterocycles. The molecule has 0 atom stereocenters. The minimum atomic E-state index is -0.246. The van der Waals surface area contributed by atoms with Crippen molar-refractivity contribution in [3.63, 3.8) is 0 Å². The first kappa shape index (κ1) is 22.3. The summed E-state index contributed by atoms with van der Waals surface area (Å²) >= 11 is 7.88. The fraction of sp³-hybridized carbons (Fsp3) is 0.250. The average molecular weight is 471 g/mol. The summed E-state index contributed by atoms with van der Waals surface area (Å²) in [6.07, 6.45) is 0.704. The van der Waals surface area contributed by atoms with Crippen LogP contribution in [0.25, 0.3) is 10.4 Å². The minimum Gasteiger partial charge on any atom is -0.493 e. The summed E-state index contributed by atoms with van der Waals surface area (Å²) in [4.78, 5) is 30.2. The molecule has 0 fully saturated rings. The van der Waals surface area contributed by atoms with Gasteiger partial charge in [0.1, 0.15) is 5.75 Å². The lowest BCUT2D eigenvalue weighted by Crippen LogP contribution is -2.33. The van der Waals surface area contributed by atoms with Gasteiger partial charge in [0.2, 0.25) is 0 Å². The number of carbonyl (C=O) groups is 2. The highest BCUT2D eigenvalue weighted by molar-refractivity contribution is 7.17. The predicted octanol–water partition coefficient (Wildman–Crippen LogP) is 4.34. The Labute approximate surface area is 195 Å². The molecule has 0 bridgehead atoms. The number of fused-ring (bicyclic) bond motifs is 3. The van der Waals surface area contributed by atoms with Crippen LogP contribution in [0.5, 0.6) is 5.75 Å². The molecule has 2 amide bonds. The number of hydrogen-bond donors (Lipinski definition) is 1. The van der Waals surface area contributed by atoms with Gasteiger partial charge >= 0.3 is 0 Å². The van der Waals surface area contributed by atoms with E-state index < -0.39 is 0 Å². The van der Waals surface area contributed by atoms with Crippen LogP contribution in [0.15, 0.2) is 48.5 Å². The minimum absolute atomic E-state index is 0.0851. The van der Waals surface area contributed by atoms with Crippen molar-refractivity contribution >= 4 is 40.4 Å². The van der Waals surface area contributed by atoms with Crippen LogP contribution in [0, 0.1) is 0 Å². The molecule has 0 saturated carbocycles. The fourth-order valence-corrected chi connectivity index (χ4v) is 5.15. The van der Waals surface area contributed by atoms with Crippen molar-refractivity contribution in [3.8, 4) is 16.2 Å². The Morgan fingerprint density at radius 2 is 1.91 bits per heavy atom. The molecule has 8 heteroatoms. The molecule has 0 radical (unpaired) electrons.